The van der Waals surface area contributed by atoms with Crippen LogP contribution in [0, 0.1) is 21.8 Å². The molecule has 0 saturated carbocycles. The number of ether oxygens (including phenoxy) is 1. The Morgan fingerprint density at radius 1 is 1.47 bits per heavy atom. The number of nitrogens with zero attached hydrogens (tertiary/aromatic N) is 1. The van der Waals surface area contributed by atoms with Gasteiger partial charge in [-0.1, -0.05) is 13.8 Å². The number of rotatable bonds is 8. The smallest absolute Gasteiger partial charge is 0.295 e. The van der Waals surface area contributed by atoms with Crippen LogP contribution in [0.15, 0.2) is 18.2 Å². The number of nitrogens with one attached hydrogen (secondary N) is 1. The first-order valence-electron chi connectivity index (χ1n) is 6.26. The van der Waals surface area contributed by atoms with Crippen molar-refractivity contribution in [3.8, 4) is 0 Å². The summed E-state index contributed by atoms with van der Waals surface area (Å²) in [6.07, 6.45) is 0.737. The molecule has 0 aliphatic carbocycles. The molecule has 19 heavy (non-hydrogen) atoms. The van der Waals surface area contributed by atoms with Gasteiger partial charge in [0.1, 0.15) is 11.5 Å². The fourth-order valence-corrected chi connectivity index (χ4v) is 1.52. The van der Waals surface area contributed by atoms with Crippen LogP contribution in [0.1, 0.15) is 20.3 Å². The van der Waals surface area contributed by atoms with Crippen molar-refractivity contribution >= 4 is 11.4 Å². The molecule has 0 atom stereocenters. The lowest BCUT2D eigenvalue weighted by Crippen LogP contribution is -2.09. The van der Waals surface area contributed by atoms with E-state index in [4.69, 9.17) is 4.74 Å². The lowest BCUT2D eigenvalue weighted by atomic mass is 10.2. The van der Waals surface area contributed by atoms with E-state index in [9.17, 15) is 14.5 Å². The molecule has 0 bridgehead atoms. The van der Waals surface area contributed by atoms with Crippen LogP contribution >= 0.6 is 0 Å². The topological polar surface area (TPSA) is 64.4 Å². The average molecular weight is 270 g/mol. The predicted molar refractivity (Wildman–Crippen MR) is 71.8 cm³/mol. The van der Waals surface area contributed by atoms with Crippen LogP contribution in [-0.2, 0) is 4.74 Å². The zero-order chi connectivity index (χ0) is 14.3. The van der Waals surface area contributed by atoms with Crippen LogP contribution in [0.4, 0.5) is 15.8 Å². The molecule has 0 heterocycles. The largest absolute Gasteiger partial charge is 0.381 e. The minimum absolute atomic E-state index is 0.247. The zero-order valence-electron chi connectivity index (χ0n) is 11.2. The summed E-state index contributed by atoms with van der Waals surface area (Å²) in [4.78, 5) is 10.2. The van der Waals surface area contributed by atoms with Gasteiger partial charge >= 0.3 is 0 Å². The Morgan fingerprint density at radius 2 is 2.21 bits per heavy atom. The summed E-state index contributed by atoms with van der Waals surface area (Å²) in [5.41, 5.74) is 0.0818. The highest BCUT2D eigenvalue weighted by Gasteiger charge is 2.14. The molecule has 0 radical (unpaired) electrons. The van der Waals surface area contributed by atoms with E-state index in [1.807, 2.05) is 0 Å². The monoisotopic (exact) mass is 270 g/mol. The van der Waals surface area contributed by atoms with E-state index in [-0.39, 0.29) is 5.69 Å². The predicted octanol–water partition coefficient (Wildman–Crippen LogP) is 3.21. The van der Waals surface area contributed by atoms with Crippen molar-refractivity contribution in [1.29, 1.82) is 0 Å². The summed E-state index contributed by atoms with van der Waals surface area (Å²) in [5, 5.41) is 13.7. The standard InChI is InChI=1S/C13H19FN2O3/c1-10(2)9-19-7-3-6-15-12-5-4-11(14)8-13(12)16(17)18/h4-5,8,10,15H,3,6-7,9H2,1-2H3. The van der Waals surface area contributed by atoms with Gasteiger partial charge in [-0.15, -0.1) is 0 Å². The first-order chi connectivity index (χ1) is 9.00. The summed E-state index contributed by atoms with van der Waals surface area (Å²) in [5.74, 6) is -0.122. The first kappa shape index (κ1) is 15.4. The second-order valence-corrected chi connectivity index (χ2v) is 4.67. The summed E-state index contributed by atoms with van der Waals surface area (Å²) in [6.45, 7) is 5.99. The molecule has 1 N–H and O–H groups in total. The second-order valence-electron chi connectivity index (χ2n) is 4.67. The number of nitro benzene ring substituents is 1. The minimum Gasteiger partial charge on any atom is -0.381 e. The number of nitro groups is 1. The zero-order valence-corrected chi connectivity index (χ0v) is 11.2. The van der Waals surface area contributed by atoms with Gasteiger partial charge in [-0.25, -0.2) is 4.39 Å². The van der Waals surface area contributed by atoms with Crippen molar-refractivity contribution in [2.24, 2.45) is 5.92 Å². The van der Waals surface area contributed by atoms with Crippen molar-refractivity contribution in [3.63, 3.8) is 0 Å². The fraction of sp³-hybridized carbons (Fsp3) is 0.538. The summed E-state index contributed by atoms with van der Waals surface area (Å²) >= 11 is 0. The first-order valence-corrected chi connectivity index (χ1v) is 6.26. The molecular weight excluding hydrogens is 251 g/mol. The molecule has 1 aromatic rings. The molecule has 0 aliphatic heterocycles. The van der Waals surface area contributed by atoms with E-state index in [0.29, 0.717) is 31.4 Å². The maximum absolute atomic E-state index is 12.9. The van der Waals surface area contributed by atoms with Crippen LogP contribution < -0.4 is 5.32 Å². The van der Waals surface area contributed by atoms with Gasteiger partial charge in [0.25, 0.3) is 5.69 Å². The quantitative estimate of drug-likeness (QED) is 0.447. The van der Waals surface area contributed by atoms with Gasteiger partial charge < -0.3 is 10.1 Å². The lowest BCUT2D eigenvalue weighted by molar-refractivity contribution is -0.384. The molecule has 0 aliphatic rings. The Balaban J connectivity index is 2.39. The van der Waals surface area contributed by atoms with Crippen LogP contribution in [0.3, 0.4) is 0 Å². The number of hydrogen-bond donors (Lipinski definition) is 1. The molecule has 0 saturated heterocycles. The molecule has 1 aromatic carbocycles. The Bertz CT molecular complexity index is 424. The Kier molecular flexibility index (Phi) is 6.21. The Labute approximate surface area is 111 Å². The van der Waals surface area contributed by atoms with Gasteiger partial charge in [-0.3, -0.25) is 10.1 Å². The highest BCUT2D eigenvalue weighted by molar-refractivity contribution is 5.61. The summed E-state index contributed by atoms with van der Waals surface area (Å²) in [7, 11) is 0. The Hall–Kier alpha value is -1.69. The molecule has 1 rings (SSSR count). The molecule has 0 unspecified atom stereocenters. The summed E-state index contributed by atoms with van der Waals surface area (Å²) in [6, 6.07) is 3.49. The number of halogens is 1. The SMILES string of the molecule is CC(C)COCCCNc1ccc(F)cc1[N+](=O)[O-]. The number of hydrogen-bond acceptors (Lipinski definition) is 4. The van der Waals surface area contributed by atoms with Crippen molar-refractivity contribution in [3.05, 3.63) is 34.1 Å². The third kappa shape index (κ3) is 5.65. The molecule has 5 nitrogen and oxygen atoms in total. The van der Waals surface area contributed by atoms with Crippen molar-refractivity contribution in [1.82, 2.24) is 0 Å². The Morgan fingerprint density at radius 3 is 2.84 bits per heavy atom. The third-order valence-corrected chi connectivity index (χ3v) is 2.39. The molecule has 106 valence electrons. The van der Waals surface area contributed by atoms with Gasteiger partial charge in [0.15, 0.2) is 0 Å². The van der Waals surface area contributed by atoms with Crippen molar-refractivity contribution in [2.75, 3.05) is 25.1 Å². The minimum atomic E-state index is -0.613. The maximum atomic E-state index is 12.9. The molecular formula is C13H19FN2O3. The number of anilines is 1. The van der Waals surface area contributed by atoms with Gasteiger partial charge in [0.2, 0.25) is 0 Å². The molecule has 0 amide bonds. The van der Waals surface area contributed by atoms with E-state index < -0.39 is 10.7 Å². The molecule has 0 spiro atoms. The molecule has 0 aromatic heterocycles. The highest BCUT2D eigenvalue weighted by Crippen LogP contribution is 2.24. The van der Waals surface area contributed by atoms with Crippen LogP contribution in [0.2, 0.25) is 0 Å². The maximum Gasteiger partial charge on any atom is 0.295 e. The summed E-state index contributed by atoms with van der Waals surface area (Å²) < 4.78 is 18.3. The van der Waals surface area contributed by atoms with E-state index >= 15 is 0 Å². The normalized spacial score (nSPS) is 10.7. The van der Waals surface area contributed by atoms with E-state index in [2.05, 4.69) is 19.2 Å². The third-order valence-electron chi connectivity index (χ3n) is 2.39. The van der Waals surface area contributed by atoms with Gasteiger partial charge in [0, 0.05) is 19.8 Å². The molecule has 6 heteroatoms. The van der Waals surface area contributed by atoms with Gasteiger partial charge in [0.05, 0.1) is 11.0 Å². The highest BCUT2D eigenvalue weighted by atomic mass is 19.1. The van der Waals surface area contributed by atoms with Crippen LogP contribution in [0.25, 0.3) is 0 Å². The second kappa shape index (κ2) is 7.68. The average Bonchev–Trinajstić information content (AvgIpc) is 2.34. The van der Waals surface area contributed by atoms with Crippen molar-refractivity contribution in [2.45, 2.75) is 20.3 Å². The van der Waals surface area contributed by atoms with E-state index in [1.165, 1.54) is 12.1 Å². The number of benzene rings is 1. The van der Waals surface area contributed by atoms with Gasteiger partial charge in [-0.2, -0.15) is 0 Å². The molecule has 0 fully saturated rings. The lowest BCUT2D eigenvalue weighted by Gasteiger charge is -2.09. The van der Waals surface area contributed by atoms with E-state index in [0.717, 1.165) is 12.5 Å². The van der Waals surface area contributed by atoms with Crippen LogP contribution in [-0.4, -0.2) is 24.7 Å². The van der Waals surface area contributed by atoms with E-state index in [1.54, 1.807) is 0 Å². The van der Waals surface area contributed by atoms with Crippen molar-refractivity contribution < 1.29 is 14.1 Å². The van der Waals surface area contributed by atoms with Gasteiger partial charge in [-0.05, 0) is 24.5 Å². The fourth-order valence-electron chi connectivity index (χ4n) is 1.52. The van der Waals surface area contributed by atoms with Crippen LogP contribution in [0.5, 0.6) is 0 Å².